The predicted molar refractivity (Wildman–Crippen MR) is 88.7 cm³/mol. The van der Waals surface area contributed by atoms with E-state index >= 15 is 0 Å². The van der Waals surface area contributed by atoms with E-state index in [9.17, 15) is 9.18 Å². The molecule has 0 aliphatic carbocycles. The quantitative estimate of drug-likeness (QED) is 0.944. The second-order valence-electron chi connectivity index (χ2n) is 5.69. The number of hydrogen-bond donors (Lipinski definition) is 1. The van der Waals surface area contributed by atoms with Crippen molar-refractivity contribution in [1.82, 2.24) is 9.80 Å². The van der Waals surface area contributed by atoms with Crippen molar-refractivity contribution in [3.05, 3.63) is 66.0 Å². The summed E-state index contributed by atoms with van der Waals surface area (Å²) in [6, 6.07) is 16.0. The zero-order valence-corrected chi connectivity index (χ0v) is 12.9. The van der Waals surface area contributed by atoms with Gasteiger partial charge in [0.2, 0.25) is 0 Å². The Morgan fingerprint density at radius 1 is 0.957 bits per heavy atom. The molecule has 0 aromatic heterocycles. The van der Waals surface area contributed by atoms with Gasteiger partial charge in [-0.2, -0.15) is 0 Å². The summed E-state index contributed by atoms with van der Waals surface area (Å²) in [6.45, 7) is 4.01. The molecule has 2 amide bonds. The number of hydrogen-bond acceptors (Lipinski definition) is 2. The van der Waals surface area contributed by atoms with Crippen molar-refractivity contribution in [2.45, 2.75) is 6.54 Å². The number of piperazine rings is 1. The van der Waals surface area contributed by atoms with E-state index in [1.54, 1.807) is 17.0 Å². The first-order valence-corrected chi connectivity index (χ1v) is 7.78. The second kappa shape index (κ2) is 7.24. The zero-order chi connectivity index (χ0) is 16.1. The molecule has 0 bridgehead atoms. The van der Waals surface area contributed by atoms with Crippen LogP contribution in [0, 0.1) is 5.82 Å². The van der Waals surface area contributed by atoms with Crippen molar-refractivity contribution in [1.29, 1.82) is 0 Å². The van der Waals surface area contributed by atoms with Crippen LogP contribution in [-0.2, 0) is 6.54 Å². The third-order valence-corrected chi connectivity index (χ3v) is 4.00. The highest BCUT2D eigenvalue weighted by Gasteiger charge is 2.21. The van der Waals surface area contributed by atoms with Gasteiger partial charge in [-0.25, -0.2) is 9.18 Å². The number of amides is 2. The molecule has 1 aliphatic rings. The molecule has 1 saturated heterocycles. The average Bonchev–Trinajstić information content (AvgIpc) is 2.58. The minimum atomic E-state index is -0.308. The van der Waals surface area contributed by atoms with Gasteiger partial charge in [0.15, 0.2) is 0 Å². The largest absolute Gasteiger partial charge is 0.322 e. The summed E-state index contributed by atoms with van der Waals surface area (Å²) in [6.07, 6.45) is 0. The standard InChI is InChI=1S/C18H20FN3O/c19-16-6-8-17(9-7-16)20-18(23)22-12-10-21(11-13-22)14-15-4-2-1-3-5-15/h1-9H,10-14H2,(H,20,23). The molecular formula is C18H20FN3O. The number of nitrogens with one attached hydrogen (secondary N) is 1. The predicted octanol–water partition coefficient (Wildman–Crippen LogP) is 3.18. The molecule has 1 heterocycles. The van der Waals surface area contributed by atoms with Gasteiger partial charge in [0.1, 0.15) is 5.82 Å². The van der Waals surface area contributed by atoms with E-state index in [2.05, 4.69) is 22.3 Å². The van der Waals surface area contributed by atoms with Gasteiger partial charge in [-0.3, -0.25) is 4.90 Å². The van der Waals surface area contributed by atoms with Gasteiger partial charge in [-0.1, -0.05) is 30.3 Å². The lowest BCUT2D eigenvalue weighted by Crippen LogP contribution is -2.49. The monoisotopic (exact) mass is 313 g/mol. The summed E-state index contributed by atoms with van der Waals surface area (Å²) in [5, 5.41) is 2.81. The van der Waals surface area contributed by atoms with E-state index in [1.165, 1.54) is 17.7 Å². The fourth-order valence-electron chi connectivity index (χ4n) is 2.69. The molecule has 1 aliphatic heterocycles. The number of carbonyl (C=O) groups excluding carboxylic acids is 1. The Bertz CT molecular complexity index is 637. The maximum absolute atomic E-state index is 12.9. The summed E-state index contributed by atoms with van der Waals surface area (Å²) in [4.78, 5) is 16.4. The molecule has 1 N–H and O–H groups in total. The molecule has 0 unspecified atom stereocenters. The van der Waals surface area contributed by atoms with Gasteiger partial charge in [-0.05, 0) is 29.8 Å². The molecule has 23 heavy (non-hydrogen) atoms. The fraction of sp³-hybridized carbons (Fsp3) is 0.278. The number of anilines is 1. The van der Waals surface area contributed by atoms with Crippen LogP contribution in [0.2, 0.25) is 0 Å². The zero-order valence-electron chi connectivity index (χ0n) is 12.9. The lowest BCUT2D eigenvalue weighted by Gasteiger charge is -2.34. The van der Waals surface area contributed by atoms with Crippen LogP contribution in [0.3, 0.4) is 0 Å². The van der Waals surface area contributed by atoms with Crippen molar-refractivity contribution in [3.8, 4) is 0 Å². The van der Waals surface area contributed by atoms with Crippen LogP contribution in [0.5, 0.6) is 0 Å². The van der Waals surface area contributed by atoms with Gasteiger partial charge >= 0.3 is 6.03 Å². The highest BCUT2D eigenvalue weighted by molar-refractivity contribution is 5.89. The first-order chi connectivity index (χ1) is 11.2. The molecule has 0 radical (unpaired) electrons. The third kappa shape index (κ3) is 4.29. The number of halogens is 1. The number of urea groups is 1. The Hall–Kier alpha value is -2.40. The van der Waals surface area contributed by atoms with Crippen LogP contribution in [0.15, 0.2) is 54.6 Å². The van der Waals surface area contributed by atoms with Gasteiger partial charge in [-0.15, -0.1) is 0 Å². The lowest BCUT2D eigenvalue weighted by molar-refractivity contribution is 0.143. The van der Waals surface area contributed by atoms with Crippen LogP contribution in [0.25, 0.3) is 0 Å². The second-order valence-corrected chi connectivity index (χ2v) is 5.69. The van der Waals surface area contributed by atoms with Crippen LogP contribution in [-0.4, -0.2) is 42.0 Å². The Morgan fingerprint density at radius 2 is 1.61 bits per heavy atom. The van der Waals surface area contributed by atoms with Crippen LogP contribution in [0.1, 0.15) is 5.56 Å². The number of carbonyl (C=O) groups is 1. The molecule has 1 fully saturated rings. The molecule has 2 aromatic rings. The van der Waals surface area contributed by atoms with Gasteiger partial charge < -0.3 is 10.2 Å². The van der Waals surface area contributed by atoms with Crippen molar-refractivity contribution in [2.24, 2.45) is 0 Å². The molecule has 4 nitrogen and oxygen atoms in total. The van der Waals surface area contributed by atoms with Crippen molar-refractivity contribution >= 4 is 11.7 Å². The summed E-state index contributed by atoms with van der Waals surface area (Å²) >= 11 is 0. The van der Waals surface area contributed by atoms with E-state index in [0.29, 0.717) is 18.8 Å². The van der Waals surface area contributed by atoms with Crippen molar-refractivity contribution in [2.75, 3.05) is 31.5 Å². The van der Waals surface area contributed by atoms with E-state index in [-0.39, 0.29) is 11.8 Å². The van der Waals surface area contributed by atoms with Gasteiger partial charge in [0, 0.05) is 38.4 Å². The maximum Gasteiger partial charge on any atom is 0.321 e. The average molecular weight is 313 g/mol. The molecule has 0 saturated carbocycles. The van der Waals surface area contributed by atoms with E-state index in [4.69, 9.17) is 0 Å². The van der Waals surface area contributed by atoms with E-state index < -0.39 is 0 Å². The summed E-state index contributed by atoms with van der Waals surface area (Å²) in [5.74, 6) is -0.308. The Kier molecular flexibility index (Phi) is 4.88. The van der Waals surface area contributed by atoms with Crippen LogP contribution in [0.4, 0.5) is 14.9 Å². The highest BCUT2D eigenvalue weighted by atomic mass is 19.1. The van der Waals surface area contributed by atoms with Crippen molar-refractivity contribution in [3.63, 3.8) is 0 Å². The van der Waals surface area contributed by atoms with Gasteiger partial charge in [0.05, 0.1) is 0 Å². The molecular weight excluding hydrogens is 293 g/mol. The van der Waals surface area contributed by atoms with Crippen LogP contribution >= 0.6 is 0 Å². The maximum atomic E-state index is 12.9. The van der Waals surface area contributed by atoms with E-state index in [1.807, 2.05) is 18.2 Å². The van der Waals surface area contributed by atoms with Crippen molar-refractivity contribution < 1.29 is 9.18 Å². The SMILES string of the molecule is O=C(Nc1ccc(F)cc1)N1CCN(Cc2ccccc2)CC1. The first kappa shape index (κ1) is 15.5. The Balaban J connectivity index is 1.48. The topological polar surface area (TPSA) is 35.6 Å². The van der Waals surface area contributed by atoms with E-state index in [0.717, 1.165) is 19.6 Å². The molecule has 0 atom stereocenters. The summed E-state index contributed by atoms with van der Waals surface area (Å²) < 4.78 is 12.9. The molecule has 2 aromatic carbocycles. The lowest BCUT2D eigenvalue weighted by atomic mass is 10.2. The molecule has 120 valence electrons. The minimum Gasteiger partial charge on any atom is -0.322 e. The normalized spacial score (nSPS) is 15.4. The minimum absolute atomic E-state index is 0.129. The molecule has 3 rings (SSSR count). The Morgan fingerprint density at radius 3 is 2.26 bits per heavy atom. The van der Waals surface area contributed by atoms with Crippen LogP contribution < -0.4 is 5.32 Å². The number of nitrogens with zero attached hydrogens (tertiary/aromatic N) is 2. The fourth-order valence-corrected chi connectivity index (χ4v) is 2.69. The number of rotatable bonds is 3. The first-order valence-electron chi connectivity index (χ1n) is 7.78. The number of benzene rings is 2. The highest BCUT2D eigenvalue weighted by Crippen LogP contribution is 2.12. The van der Waals surface area contributed by atoms with Gasteiger partial charge in [0.25, 0.3) is 0 Å². The summed E-state index contributed by atoms with van der Waals surface area (Å²) in [7, 11) is 0. The Labute approximate surface area is 135 Å². The molecule has 0 spiro atoms. The molecule has 5 heteroatoms. The summed E-state index contributed by atoms with van der Waals surface area (Å²) in [5.41, 5.74) is 1.90. The third-order valence-electron chi connectivity index (χ3n) is 4.00. The smallest absolute Gasteiger partial charge is 0.321 e.